The average molecular weight is 314 g/mol. The van der Waals surface area contributed by atoms with E-state index < -0.39 is 14.0 Å². The molecule has 2 rings (SSSR count). The fourth-order valence-corrected chi connectivity index (χ4v) is 2.24. The summed E-state index contributed by atoms with van der Waals surface area (Å²) in [6, 6.07) is 11.1. The summed E-state index contributed by atoms with van der Waals surface area (Å²) in [6.45, 7) is 0. The summed E-state index contributed by atoms with van der Waals surface area (Å²) in [7, 11) is 1.40. The number of hydrogen-bond acceptors (Lipinski definition) is 5. The number of rotatable bonds is 4. The first-order valence-electron chi connectivity index (χ1n) is 5.33. The minimum absolute atomic E-state index is 0.0504. The summed E-state index contributed by atoms with van der Waals surface area (Å²) >= 11 is 0. The minimum Gasteiger partial charge on any atom is -0.457 e. The molecule has 0 aromatic heterocycles. The maximum Gasteiger partial charge on any atom is 0.273 e. The number of non-ortho nitro benzene ring substituents is 1. The van der Waals surface area contributed by atoms with Crippen molar-refractivity contribution < 1.29 is 18.1 Å². The molecule has 8 heteroatoms. The molecule has 0 bridgehead atoms. The maximum absolute atomic E-state index is 11.1. The van der Waals surface area contributed by atoms with E-state index in [2.05, 4.69) is 0 Å². The van der Waals surface area contributed by atoms with Crippen molar-refractivity contribution in [2.24, 2.45) is 0 Å². The monoisotopic (exact) mass is 313 g/mol. The van der Waals surface area contributed by atoms with E-state index in [0.717, 1.165) is 0 Å². The van der Waals surface area contributed by atoms with Crippen molar-refractivity contribution in [2.45, 2.75) is 4.90 Å². The van der Waals surface area contributed by atoms with E-state index in [0.29, 0.717) is 5.75 Å². The molecule has 0 aliphatic carbocycles. The van der Waals surface area contributed by atoms with Gasteiger partial charge in [0.1, 0.15) is 11.5 Å². The van der Waals surface area contributed by atoms with Gasteiger partial charge in [0.2, 0.25) is 0 Å². The number of ether oxygens (including phenoxy) is 1. The molecule has 0 fully saturated rings. The molecule has 0 atom stereocenters. The largest absolute Gasteiger partial charge is 0.457 e. The Morgan fingerprint density at radius 3 is 2.25 bits per heavy atom. The van der Waals surface area contributed by atoms with Crippen LogP contribution < -0.4 is 4.74 Å². The van der Waals surface area contributed by atoms with E-state index >= 15 is 0 Å². The Balaban J connectivity index is 2.22. The third-order valence-electron chi connectivity index (χ3n) is 2.37. The van der Waals surface area contributed by atoms with E-state index in [-0.39, 0.29) is 16.3 Å². The molecule has 104 valence electrons. The van der Waals surface area contributed by atoms with Crippen molar-refractivity contribution in [3.8, 4) is 11.5 Å². The van der Waals surface area contributed by atoms with E-state index in [1.165, 1.54) is 42.5 Å². The highest BCUT2D eigenvalue weighted by molar-refractivity contribution is 8.13. The Morgan fingerprint density at radius 1 is 1.05 bits per heavy atom. The third-order valence-corrected chi connectivity index (χ3v) is 3.74. The molecule has 0 amide bonds. The Morgan fingerprint density at radius 2 is 1.70 bits per heavy atom. The number of nitro groups is 1. The minimum atomic E-state index is -3.78. The fraction of sp³-hybridized carbons (Fsp3) is 0. The molecule has 20 heavy (non-hydrogen) atoms. The van der Waals surface area contributed by atoms with E-state index in [4.69, 9.17) is 15.4 Å². The van der Waals surface area contributed by atoms with Crippen molar-refractivity contribution in [1.29, 1.82) is 0 Å². The lowest BCUT2D eigenvalue weighted by Crippen LogP contribution is -1.91. The highest BCUT2D eigenvalue weighted by atomic mass is 35.7. The quantitative estimate of drug-likeness (QED) is 0.491. The first-order valence-corrected chi connectivity index (χ1v) is 7.64. The molecule has 6 nitrogen and oxygen atoms in total. The van der Waals surface area contributed by atoms with Crippen molar-refractivity contribution in [3.05, 3.63) is 58.6 Å². The molecule has 0 heterocycles. The smallest absolute Gasteiger partial charge is 0.273 e. The Hall–Kier alpha value is -2.12. The van der Waals surface area contributed by atoms with Gasteiger partial charge < -0.3 is 4.74 Å². The highest BCUT2D eigenvalue weighted by Gasteiger charge is 2.10. The SMILES string of the molecule is O=[N+]([O-])c1cccc(Oc2ccc(S(=O)(=O)Cl)cc2)c1. The predicted molar refractivity (Wildman–Crippen MR) is 72.7 cm³/mol. The number of hydrogen-bond donors (Lipinski definition) is 0. The van der Waals surface area contributed by atoms with Gasteiger partial charge in [0.15, 0.2) is 0 Å². The second-order valence-corrected chi connectivity index (χ2v) is 6.33. The zero-order valence-corrected chi connectivity index (χ0v) is 11.5. The van der Waals surface area contributed by atoms with Crippen molar-refractivity contribution in [2.75, 3.05) is 0 Å². The van der Waals surface area contributed by atoms with Crippen LogP contribution in [-0.2, 0) is 9.05 Å². The van der Waals surface area contributed by atoms with Gasteiger partial charge in [-0.05, 0) is 30.3 Å². The van der Waals surface area contributed by atoms with Gasteiger partial charge in [-0.15, -0.1) is 0 Å². The van der Waals surface area contributed by atoms with Crippen LogP contribution in [0.5, 0.6) is 11.5 Å². The lowest BCUT2D eigenvalue weighted by Gasteiger charge is -2.05. The van der Waals surface area contributed by atoms with Gasteiger partial charge in [-0.2, -0.15) is 0 Å². The standard InChI is InChI=1S/C12H8ClNO5S/c13-20(17,18)12-6-4-10(5-7-12)19-11-3-1-2-9(8-11)14(15)16/h1-8H. The Bertz CT molecular complexity index is 743. The van der Waals surface area contributed by atoms with Gasteiger partial charge in [0.05, 0.1) is 15.9 Å². The average Bonchev–Trinajstić information content (AvgIpc) is 2.38. The number of nitrogens with zero attached hydrogens (tertiary/aromatic N) is 1. The van der Waals surface area contributed by atoms with Crippen LogP contribution in [0.3, 0.4) is 0 Å². The van der Waals surface area contributed by atoms with Crippen LogP contribution in [0.25, 0.3) is 0 Å². The van der Waals surface area contributed by atoms with Crippen molar-refractivity contribution in [1.82, 2.24) is 0 Å². The summed E-state index contributed by atoms with van der Waals surface area (Å²) in [6.07, 6.45) is 0. The first-order chi connectivity index (χ1) is 9.36. The van der Waals surface area contributed by atoms with Crippen LogP contribution in [-0.4, -0.2) is 13.3 Å². The van der Waals surface area contributed by atoms with Crippen molar-refractivity contribution in [3.63, 3.8) is 0 Å². The molecular formula is C12H8ClNO5S. The normalized spacial score (nSPS) is 11.1. The molecular weight excluding hydrogens is 306 g/mol. The van der Waals surface area contributed by atoms with Crippen molar-refractivity contribution >= 4 is 25.4 Å². The second-order valence-electron chi connectivity index (χ2n) is 3.77. The van der Waals surface area contributed by atoms with E-state index in [9.17, 15) is 18.5 Å². The van der Waals surface area contributed by atoms with Gasteiger partial charge in [-0.25, -0.2) is 8.42 Å². The van der Waals surface area contributed by atoms with Crippen LogP contribution in [0.2, 0.25) is 0 Å². The summed E-state index contributed by atoms with van der Waals surface area (Å²) in [5.74, 6) is 0.621. The first kappa shape index (κ1) is 14.3. The van der Waals surface area contributed by atoms with Gasteiger partial charge in [0.25, 0.3) is 14.7 Å². The van der Waals surface area contributed by atoms with Gasteiger partial charge in [-0.3, -0.25) is 10.1 Å². The Labute approximate surface area is 119 Å². The van der Waals surface area contributed by atoms with Crippen LogP contribution in [0.4, 0.5) is 5.69 Å². The molecule has 2 aromatic rings. The lowest BCUT2D eigenvalue weighted by atomic mass is 10.3. The summed E-state index contributed by atoms with van der Waals surface area (Å²) in [5, 5.41) is 10.6. The number of benzene rings is 2. The summed E-state index contributed by atoms with van der Waals surface area (Å²) in [4.78, 5) is 10.0. The maximum atomic E-state index is 11.1. The van der Waals surface area contributed by atoms with Crippen LogP contribution in [0.1, 0.15) is 0 Å². The van der Waals surface area contributed by atoms with E-state index in [1.54, 1.807) is 6.07 Å². The molecule has 0 saturated carbocycles. The van der Waals surface area contributed by atoms with E-state index in [1.807, 2.05) is 0 Å². The fourth-order valence-electron chi connectivity index (χ4n) is 1.47. The molecule has 0 spiro atoms. The molecule has 0 unspecified atom stereocenters. The zero-order valence-electron chi connectivity index (χ0n) is 9.89. The number of nitro benzene ring substituents is 1. The molecule has 2 aromatic carbocycles. The molecule has 0 aliphatic heterocycles. The second kappa shape index (κ2) is 5.48. The lowest BCUT2D eigenvalue weighted by molar-refractivity contribution is -0.384. The third kappa shape index (κ3) is 3.46. The summed E-state index contributed by atoms with van der Waals surface area (Å²) < 4.78 is 27.5. The topological polar surface area (TPSA) is 86.5 Å². The Kier molecular flexibility index (Phi) is 3.91. The summed E-state index contributed by atoms with van der Waals surface area (Å²) in [5.41, 5.74) is -0.0949. The van der Waals surface area contributed by atoms with Crippen LogP contribution in [0, 0.1) is 10.1 Å². The van der Waals surface area contributed by atoms with Gasteiger partial charge >= 0.3 is 0 Å². The molecule has 0 saturated heterocycles. The number of halogens is 1. The van der Waals surface area contributed by atoms with Crippen LogP contribution >= 0.6 is 10.7 Å². The van der Waals surface area contributed by atoms with Crippen LogP contribution in [0.15, 0.2) is 53.4 Å². The molecule has 0 N–H and O–H groups in total. The zero-order chi connectivity index (χ0) is 14.8. The highest BCUT2D eigenvalue weighted by Crippen LogP contribution is 2.26. The molecule has 0 radical (unpaired) electrons. The predicted octanol–water partition coefficient (Wildman–Crippen LogP) is 3.31. The van der Waals surface area contributed by atoms with Gasteiger partial charge in [-0.1, -0.05) is 6.07 Å². The molecule has 0 aliphatic rings. The van der Waals surface area contributed by atoms with Gasteiger partial charge in [0, 0.05) is 16.7 Å².